The molecule has 2 amide bonds. The molecule has 1 aromatic carbocycles. The Morgan fingerprint density at radius 1 is 1.43 bits per heavy atom. The number of anilines is 2. The van der Waals surface area contributed by atoms with Crippen molar-refractivity contribution in [1.29, 1.82) is 0 Å². The summed E-state index contributed by atoms with van der Waals surface area (Å²) in [7, 11) is 0. The Hall–Kier alpha value is -1.75. The van der Waals surface area contributed by atoms with Crippen molar-refractivity contribution in [2.75, 3.05) is 29.9 Å². The maximum atomic E-state index is 11.8. The van der Waals surface area contributed by atoms with Gasteiger partial charge in [0.25, 0.3) is 0 Å². The van der Waals surface area contributed by atoms with E-state index in [-0.39, 0.29) is 18.7 Å². The topological polar surface area (TPSA) is 64.6 Å². The molecule has 1 fully saturated rings. The number of aliphatic hydroxyl groups is 1. The van der Waals surface area contributed by atoms with Crippen molar-refractivity contribution in [2.24, 2.45) is 5.92 Å². The van der Waals surface area contributed by atoms with Crippen molar-refractivity contribution in [3.05, 3.63) is 24.3 Å². The predicted molar refractivity (Wildman–Crippen MR) is 85.8 cm³/mol. The lowest BCUT2D eigenvalue weighted by Gasteiger charge is -2.32. The molecule has 0 bridgehead atoms. The second-order valence-corrected chi connectivity index (χ2v) is 5.90. The van der Waals surface area contributed by atoms with E-state index in [9.17, 15) is 4.79 Å². The minimum Gasteiger partial charge on any atom is -0.394 e. The van der Waals surface area contributed by atoms with E-state index in [0.717, 1.165) is 30.4 Å². The zero-order valence-electron chi connectivity index (χ0n) is 12.8. The Morgan fingerprint density at radius 2 is 2.14 bits per heavy atom. The first-order valence-corrected chi connectivity index (χ1v) is 7.62. The number of benzene rings is 1. The van der Waals surface area contributed by atoms with Crippen LogP contribution in [0.4, 0.5) is 16.2 Å². The van der Waals surface area contributed by atoms with Crippen LogP contribution >= 0.6 is 0 Å². The summed E-state index contributed by atoms with van der Waals surface area (Å²) in [5.74, 6) is 0.799. The monoisotopic (exact) mass is 291 g/mol. The van der Waals surface area contributed by atoms with Gasteiger partial charge in [-0.2, -0.15) is 0 Å². The summed E-state index contributed by atoms with van der Waals surface area (Å²) < 4.78 is 0. The van der Waals surface area contributed by atoms with Crippen LogP contribution < -0.4 is 15.5 Å². The summed E-state index contributed by atoms with van der Waals surface area (Å²) in [6.07, 6.45) is 2.43. The van der Waals surface area contributed by atoms with Crippen LogP contribution in [-0.4, -0.2) is 36.9 Å². The third kappa shape index (κ3) is 4.63. The second-order valence-electron chi connectivity index (χ2n) is 5.90. The van der Waals surface area contributed by atoms with E-state index in [2.05, 4.69) is 28.5 Å². The Bertz CT molecular complexity index is 470. The lowest BCUT2D eigenvalue weighted by molar-refractivity contribution is 0.229. The Balaban J connectivity index is 1.96. The summed E-state index contributed by atoms with van der Waals surface area (Å²) in [5.41, 5.74) is 1.92. The van der Waals surface area contributed by atoms with Gasteiger partial charge in [-0.3, -0.25) is 0 Å². The molecule has 1 aliphatic heterocycles. The van der Waals surface area contributed by atoms with Gasteiger partial charge in [-0.05, 0) is 43.9 Å². The molecule has 5 nitrogen and oxygen atoms in total. The number of hydrogen-bond donors (Lipinski definition) is 3. The van der Waals surface area contributed by atoms with E-state index in [1.807, 2.05) is 18.2 Å². The van der Waals surface area contributed by atoms with E-state index >= 15 is 0 Å². The van der Waals surface area contributed by atoms with E-state index in [0.29, 0.717) is 0 Å². The van der Waals surface area contributed by atoms with Crippen molar-refractivity contribution < 1.29 is 9.90 Å². The molecule has 116 valence electrons. The van der Waals surface area contributed by atoms with Crippen molar-refractivity contribution in [2.45, 2.75) is 32.7 Å². The van der Waals surface area contributed by atoms with E-state index < -0.39 is 0 Å². The first kappa shape index (κ1) is 15.6. The van der Waals surface area contributed by atoms with Crippen LogP contribution in [-0.2, 0) is 0 Å². The van der Waals surface area contributed by atoms with E-state index in [4.69, 9.17) is 5.11 Å². The first-order valence-electron chi connectivity index (χ1n) is 7.62. The SMILES string of the molecule is CC1CCN(c2cccc(NC(=O)NC(C)CO)c2)CC1. The molecule has 1 saturated heterocycles. The average molecular weight is 291 g/mol. The standard InChI is InChI=1S/C16H25N3O2/c1-12-6-8-19(9-7-12)15-5-3-4-14(10-15)18-16(21)17-13(2)11-20/h3-5,10,12-13,20H,6-9,11H2,1-2H3,(H2,17,18,21). The van der Waals surface area contributed by atoms with Crippen LogP contribution in [0.5, 0.6) is 0 Å². The molecular formula is C16H25N3O2. The smallest absolute Gasteiger partial charge is 0.319 e. The maximum absolute atomic E-state index is 11.8. The molecule has 1 aliphatic rings. The summed E-state index contributed by atoms with van der Waals surface area (Å²) in [6.45, 7) is 6.11. The molecule has 0 saturated carbocycles. The summed E-state index contributed by atoms with van der Waals surface area (Å²) >= 11 is 0. The van der Waals surface area contributed by atoms with Crippen LogP contribution in [0.25, 0.3) is 0 Å². The van der Waals surface area contributed by atoms with Gasteiger partial charge >= 0.3 is 6.03 Å². The quantitative estimate of drug-likeness (QED) is 0.798. The lowest BCUT2D eigenvalue weighted by Crippen LogP contribution is -2.38. The molecule has 1 aromatic rings. The van der Waals surface area contributed by atoms with Gasteiger partial charge < -0.3 is 20.6 Å². The summed E-state index contributed by atoms with van der Waals surface area (Å²) in [4.78, 5) is 14.1. The van der Waals surface area contributed by atoms with Crippen LogP contribution in [0, 0.1) is 5.92 Å². The Labute approximate surface area is 126 Å². The summed E-state index contributed by atoms with van der Waals surface area (Å²) in [5, 5.41) is 14.4. The fourth-order valence-corrected chi connectivity index (χ4v) is 2.48. The number of nitrogens with one attached hydrogen (secondary N) is 2. The summed E-state index contributed by atoms with van der Waals surface area (Å²) in [6, 6.07) is 7.37. The molecule has 0 aromatic heterocycles. The van der Waals surface area contributed by atoms with Gasteiger partial charge in [0.05, 0.1) is 12.6 Å². The van der Waals surface area contributed by atoms with E-state index in [1.54, 1.807) is 6.92 Å². The predicted octanol–water partition coefficient (Wildman–Crippen LogP) is 2.43. The molecule has 2 rings (SSSR count). The highest BCUT2D eigenvalue weighted by Crippen LogP contribution is 2.25. The number of nitrogens with zero attached hydrogens (tertiary/aromatic N) is 1. The molecule has 1 heterocycles. The van der Waals surface area contributed by atoms with Crippen LogP contribution in [0.3, 0.4) is 0 Å². The van der Waals surface area contributed by atoms with Gasteiger partial charge in [-0.1, -0.05) is 13.0 Å². The van der Waals surface area contributed by atoms with Gasteiger partial charge in [0, 0.05) is 24.5 Å². The number of hydrogen-bond acceptors (Lipinski definition) is 3. The van der Waals surface area contributed by atoms with Crippen molar-refractivity contribution in [3.63, 3.8) is 0 Å². The number of piperidine rings is 1. The first-order chi connectivity index (χ1) is 10.1. The van der Waals surface area contributed by atoms with Crippen molar-refractivity contribution in [3.8, 4) is 0 Å². The minimum atomic E-state index is -0.291. The number of carbonyl (C=O) groups is 1. The molecular weight excluding hydrogens is 266 g/mol. The zero-order chi connectivity index (χ0) is 15.2. The van der Waals surface area contributed by atoms with Crippen LogP contribution in [0.2, 0.25) is 0 Å². The molecule has 1 atom stereocenters. The lowest BCUT2D eigenvalue weighted by atomic mass is 9.99. The van der Waals surface area contributed by atoms with Crippen LogP contribution in [0.1, 0.15) is 26.7 Å². The average Bonchev–Trinajstić information content (AvgIpc) is 2.48. The molecule has 21 heavy (non-hydrogen) atoms. The highest BCUT2D eigenvalue weighted by atomic mass is 16.3. The largest absolute Gasteiger partial charge is 0.394 e. The highest BCUT2D eigenvalue weighted by molar-refractivity contribution is 5.90. The molecule has 5 heteroatoms. The van der Waals surface area contributed by atoms with Gasteiger partial charge in [0.15, 0.2) is 0 Å². The number of aliphatic hydroxyl groups excluding tert-OH is 1. The number of urea groups is 1. The Kier molecular flexibility index (Phi) is 5.44. The van der Waals surface area contributed by atoms with Gasteiger partial charge in [0.2, 0.25) is 0 Å². The molecule has 1 unspecified atom stereocenters. The molecule has 3 N–H and O–H groups in total. The molecule has 0 aliphatic carbocycles. The van der Waals surface area contributed by atoms with Crippen molar-refractivity contribution in [1.82, 2.24) is 5.32 Å². The third-order valence-corrected chi connectivity index (χ3v) is 3.90. The fraction of sp³-hybridized carbons (Fsp3) is 0.562. The number of amides is 2. The molecule has 0 spiro atoms. The zero-order valence-corrected chi connectivity index (χ0v) is 12.8. The van der Waals surface area contributed by atoms with Gasteiger partial charge in [-0.25, -0.2) is 4.79 Å². The normalized spacial score (nSPS) is 17.4. The van der Waals surface area contributed by atoms with Gasteiger partial charge in [-0.15, -0.1) is 0 Å². The molecule has 0 radical (unpaired) electrons. The van der Waals surface area contributed by atoms with Crippen molar-refractivity contribution >= 4 is 17.4 Å². The second kappa shape index (κ2) is 7.31. The minimum absolute atomic E-state index is 0.0700. The fourth-order valence-electron chi connectivity index (χ4n) is 2.48. The van der Waals surface area contributed by atoms with Crippen LogP contribution in [0.15, 0.2) is 24.3 Å². The highest BCUT2D eigenvalue weighted by Gasteiger charge is 2.16. The number of carbonyl (C=O) groups excluding carboxylic acids is 1. The third-order valence-electron chi connectivity index (χ3n) is 3.90. The maximum Gasteiger partial charge on any atom is 0.319 e. The van der Waals surface area contributed by atoms with Gasteiger partial charge in [0.1, 0.15) is 0 Å². The Morgan fingerprint density at radius 3 is 2.81 bits per heavy atom. The number of rotatable bonds is 4. The van der Waals surface area contributed by atoms with E-state index in [1.165, 1.54) is 12.8 Å².